The van der Waals surface area contributed by atoms with Gasteiger partial charge in [0.05, 0.1) is 0 Å². The van der Waals surface area contributed by atoms with Gasteiger partial charge in [-0.1, -0.05) is 52.0 Å². The van der Waals surface area contributed by atoms with E-state index >= 15 is 0 Å². The second kappa shape index (κ2) is 8.83. The lowest BCUT2D eigenvalue weighted by Gasteiger charge is -2.12. The molecular weight excluding hydrogens is 144 g/mol. The monoisotopic (exact) mass is 168 g/mol. The smallest absolute Gasteiger partial charge is 0.0353 e. The molecule has 0 radical (unpaired) electrons. The molecule has 0 saturated heterocycles. The topological polar surface area (TPSA) is 0 Å². The first-order valence-corrected chi connectivity index (χ1v) is 5.46. The van der Waals surface area contributed by atoms with Crippen LogP contribution in [0.1, 0.15) is 58.8 Å². The Morgan fingerprint density at radius 2 is 1.83 bits per heavy atom. The van der Waals surface area contributed by atoms with Crippen molar-refractivity contribution in [2.75, 3.05) is 0 Å². The van der Waals surface area contributed by atoms with E-state index in [-0.39, 0.29) is 0 Å². The Morgan fingerprint density at radius 1 is 1.17 bits per heavy atom. The van der Waals surface area contributed by atoms with Crippen molar-refractivity contribution in [2.24, 2.45) is 5.92 Å². The highest BCUT2D eigenvalue weighted by Crippen LogP contribution is 2.19. The molecule has 72 valence electrons. The summed E-state index contributed by atoms with van der Waals surface area (Å²) in [6, 6.07) is 0. The lowest BCUT2D eigenvalue weighted by Crippen LogP contribution is -1.98. The van der Waals surface area contributed by atoms with Crippen molar-refractivity contribution in [3.8, 4) is 0 Å². The summed E-state index contributed by atoms with van der Waals surface area (Å²) in [7, 11) is 0. The summed E-state index contributed by atoms with van der Waals surface area (Å²) in [4.78, 5) is 0. The van der Waals surface area contributed by atoms with Gasteiger partial charge < -0.3 is 0 Å². The van der Waals surface area contributed by atoms with E-state index in [0.29, 0.717) is 0 Å². The van der Waals surface area contributed by atoms with E-state index < -0.39 is 0 Å². The average molecular weight is 168 g/mol. The predicted molar refractivity (Wildman–Crippen MR) is 57.4 cm³/mol. The maximum absolute atomic E-state index is 3.75. The normalized spacial score (nSPS) is 12.8. The van der Waals surface area contributed by atoms with Crippen molar-refractivity contribution in [2.45, 2.75) is 58.8 Å². The molecule has 0 bridgehead atoms. The number of unbranched alkanes of at least 4 members (excludes halogenated alkanes) is 2. The standard InChI is InChI=1S/C12H24/c1-4-7-9-11-12(6-3)10-8-5-2/h4,12H,1,5-11H2,2-3H3. The Kier molecular flexibility index (Phi) is 8.64. The minimum atomic E-state index is 0.977. The first kappa shape index (κ1) is 11.7. The summed E-state index contributed by atoms with van der Waals surface area (Å²) in [5.41, 5.74) is 0. The molecule has 12 heavy (non-hydrogen) atoms. The lowest BCUT2D eigenvalue weighted by atomic mass is 9.94. The van der Waals surface area contributed by atoms with E-state index in [2.05, 4.69) is 20.4 Å². The highest BCUT2D eigenvalue weighted by molar-refractivity contribution is 4.67. The molecule has 0 aliphatic heterocycles. The maximum atomic E-state index is 3.75. The van der Waals surface area contributed by atoms with Gasteiger partial charge in [0.1, 0.15) is 0 Å². The molecule has 0 rings (SSSR count). The summed E-state index contributed by atoms with van der Waals surface area (Å²) in [6.45, 7) is 8.33. The number of rotatable bonds is 8. The molecule has 0 heteroatoms. The van der Waals surface area contributed by atoms with Crippen molar-refractivity contribution < 1.29 is 0 Å². The van der Waals surface area contributed by atoms with Crippen LogP contribution in [0.2, 0.25) is 0 Å². The number of hydrogen-bond donors (Lipinski definition) is 0. The van der Waals surface area contributed by atoms with Crippen LogP contribution >= 0.6 is 0 Å². The maximum Gasteiger partial charge on any atom is -0.0353 e. The van der Waals surface area contributed by atoms with Gasteiger partial charge in [-0.2, -0.15) is 0 Å². The van der Waals surface area contributed by atoms with Gasteiger partial charge in [-0.05, 0) is 18.8 Å². The fraction of sp³-hybridized carbons (Fsp3) is 0.833. The Bertz CT molecular complexity index is 94.2. The Labute approximate surface area is 78.1 Å². The van der Waals surface area contributed by atoms with Crippen molar-refractivity contribution in [1.29, 1.82) is 0 Å². The van der Waals surface area contributed by atoms with Gasteiger partial charge in [0.15, 0.2) is 0 Å². The van der Waals surface area contributed by atoms with Crippen LogP contribution in [0.25, 0.3) is 0 Å². The molecule has 1 unspecified atom stereocenters. The molecule has 0 N–H and O–H groups in total. The lowest BCUT2D eigenvalue weighted by molar-refractivity contribution is 0.411. The second-order valence-corrected chi connectivity index (χ2v) is 3.64. The van der Waals surface area contributed by atoms with Gasteiger partial charge in [-0.3, -0.25) is 0 Å². The fourth-order valence-corrected chi connectivity index (χ4v) is 1.60. The quantitative estimate of drug-likeness (QED) is 0.368. The molecule has 1 atom stereocenters. The molecule has 0 aliphatic carbocycles. The molecule has 0 aromatic rings. The summed E-state index contributed by atoms with van der Waals surface area (Å²) < 4.78 is 0. The van der Waals surface area contributed by atoms with Gasteiger partial charge >= 0.3 is 0 Å². The van der Waals surface area contributed by atoms with Crippen molar-refractivity contribution in [1.82, 2.24) is 0 Å². The van der Waals surface area contributed by atoms with E-state index in [1.54, 1.807) is 0 Å². The van der Waals surface area contributed by atoms with Crippen molar-refractivity contribution in [3.63, 3.8) is 0 Å². The van der Waals surface area contributed by atoms with Gasteiger partial charge in [-0.15, -0.1) is 6.58 Å². The van der Waals surface area contributed by atoms with E-state index in [1.165, 1.54) is 44.9 Å². The van der Waals surface area contributed by atoms with E-state index in [0.717, 1.165) is 5.92 Å². The minimum Gasteiger partial charge on any atom is -0.103 e. The van der Waals surface area contributed by atoms with Crippen molar-refractivity contribution in [3.05, 3.63) is 12.7 Å². The zero-order chi connectivity index (χ0) is 9.23. The van der Waals surface area contributed by atoms with Crippen LogP contribution in [0.3, 0.4) is 0 Å². The third-order valence-electron chi connectivity index (χ3n) is 2.56. The molecule has 0 aromatic carbocycles. The van der Waals surface area contributed by atoms with Gasteiger partial charge in [0.2, 0.25) is 0 Å². The highest BCUT2D eigenvalue weighted by atomic mass is 14.1. The highest BCUT2D eigenvalue weighted by Gasteiger charge is 2.03. The van der Waals surface area contributed by atoms with Crippen LogP contribution in [-0.2, 0) is 0 Å². The summed E-state index contributed by atoms with van der Waals surface area (Å²) >= 11 is 0. The third-order valence-corrected chi connectivity index (χ3v) is 2.56. The molecule has 0 spiro atoms. The Balaban J connectivity index is 3.32. The average Bonchev–Trinajstić information content (AvgIpc) is 2.11. The largest absolute Gasteiger partial charge is 0.103 e. The number of allylic oxidation sites excluding steroid dienone is 1. The predicted octanol–water partition coefficient (Wildman–Crippen LogP) is 4.56. The molecule has 0 aromatic heterocycles. The van der Waals surface area contributed by atoms with Crippen LogP contribution in [0.5, 0.6) is 0 Å². The second-order valence-electron chi connectivity index (χ2n) is 3.64. The van der Waals surface area contributed by atoms with Gasteiger partial charge in [-0.25, -0.2) is 0 Å². The van der Waals surface area contributed by atoms with Gasteiger partial charge in [0.25, 0.3) is 0 Å². The Hall–Kier alpha value is -0.260. The first-order chi connectivity index (χ1) is 5.85. The summed E-state index contributed by atoms with van der Waals surface area (Å²) in [5, 5.41) is 0. The molecule has 0 heterocycles. The van der Waals surface area contributed by atoms with Crippen LogP contribution in [0, 0.1) is 5.92 Å². The molecule has 0 saturated carbocycles. The third kappa shape index (κ3) is 6.45. The molecule has 0 fully saturated rings. The van der Waals surface area contributed by atoms with E-state index in [4.69, 9.17) is 0 Å². The summed E-state index contributed by atoms with van der Waals surface area (Å²) in [5.74, 6) is 0.977. The summed E-state index contributed by atoms with van der Waals surface area (Å²) in [6.07, 6.45) is 11.5. The number of hydrogen-bond acceptors (Lipinski definition) is 0. The minimum absolute atomic E-state index is 0.977. The molecule has 0 aliphatic rings. The van der Waals surface area contributed by atoms with E-state index in [9.17, 15) is 0 Å². The Morgan fingerprint density at radius 3 is 2.33 bits per heavy atom. The van der Waals surface area contributed by atoms with Crippen molar-refractivity contribution >= 4 is 0 Å². The zero-order valence-electron chi connectivity index (χ0n) is 8.81. The molecule has 0 amide bonds. The van der Waals surface area contributed by atoms with Crippen LogP contribution < -0.4 is 0 Å². The van der Waals surface area contributed by atoms with Crippen LogP contribution in [0.15, 0.2) is 12.7 Å². The fourth-order valence-electron chi connectivity index (χ4n) is 1.60. The van der Waals surface area contributed by atoms with E-state index in [1.807, 2.05) is 6.08 Å². The molecular formula is C12H24. The molecule has 0 nitrogen and oxygen atoms in total. The van der Waals surface area contributed by atoms with Gasteiger partial charge in [0, 0.05) is 0 Å². The zero-order valence-corrected chi connectivity index (χ0v) is 8.81. The van der Waals surface area contributed by atoms with Crippen LogP contribution in [0.4, 0.5) is 0 Å². The van der Waals surface area contributed by atoms with Crippen LogP contribution in [-0.4, -0.2) is 0 Å². The first-order valence-electron chi connectivity index (χ1n) is 5.46. The SMILES string of the molecule is C=CCCCC(CC)CCCC.